The summed E-state index contributed by atoms with van der Waals surface area (Å²) in [4.78, 5) is 11.9. The zero-order valence-corrected chi connectivity index (χ0v) is 9.93. The summed E-state index contributed by atoms with van der Waals surface area (Å²) in [6, 6.07) is 11.6. The Morgan fingerprint density at radius 1 is 1.22 bits per heavy atom. The van der Waals surface area contributed by atoms with Crippen LogP contribution in [0.3, 0.4) is 0 Å². The minimum atomic E-state index is -0.000210. The molecule has 0 fully saturated rings. The lowest BCUT2D eigenvalue weighted by Crippen LogP contribution is -2.21. The van der Waals surface area contributed by atoms with Gasteiger partial charge in [-0.3, -0.25) is 4.79 Å². The molecule has 1 atom stereocenters. The van der Waals surface area contributed by atoms with E-state index in [4.69, 9.17) is 9.52 Å². The molecule has 3 rings (SSSR count). The van der Waals surface area contributed by atoms with Gasteiger partial charge in [-0.1, -0.05) is 30.3 Å². The predicted molar refractivity (Wildman–Crippen MR) is 67.4 cm³/mol. The topological polar surface area (TPSA) is 50.4 Å². The number of Topliss-reactive ketones (excluding diaryl/α,β-unsaturated/α-hetero) is 1. The Morgan fingerprint density at radius 3 is 2.72 bits per heavy atom. The van der Waals surface area contributed by atoms with Gasteiger partial charge in [0, 0.05) is 25.0 Å². The second kappa shape index (κ2) is 4.42. The Bertz CT molecular complexity index is 569. The van der Waals surface area contributed by atoms with Crippen LogP contribution >= 0.6 is 0 Å². The molecule has 1 N–H and O–H groups in total. The summed E-state index contributed by atoms with van der Waals surface area (Å²) in [7, 11) is 0. The molecule has 0 aliphatic heterocycles. The van der Waals surface area contributed by atoms with Gasteiger partial charge >= 0.3 is 0 Å². The van der Waals surface area contributed by atoms with Gasteiger partial charge in [0.15, 0.2) is 5.78 Å². The van der Waals surface area contributed by atoms with E-state index < -0.39 is 0 Å². The Hall–Kier alpha value is -1.87. The quantitative estimate of drug-likeness (QED) is 0.880. The molecule has 2 aromatic rings. The largest absolute Gasteiger partial charge is 0.460 e. The van der Waals surface area contributed by atoms with E-state index in [9.17, 15) is 4.79 Å². The lowest BCUT2D eigenvalue weighted by Gasteiger charge is -2.17. The molecule has 1 aliphatic carbocycles. The van der Waals surface area contributed by atoms with E-state index >= 15 is 0 Å². The molecular formula is C15H14O3. The molecule has 0 spiro atoms. The third-order valence-electron chi connectivity index (χ3n) is 3.37. The normalized spacial score (nSPS) is 18.7. The van der Waals surface area contributed by atoms with Crippen LogP contribution in [0.15, 0.2) is 40.8 Å². The van der Waals surface area contributed by atoms with E-state index in [0.29, 0.717) is 24.2 Å². The first-order chi connectivity index (χ1) is 8.78. The number of furan rings is 1. The first-order valence-electron chi connectivity index (χ1n) is 6.10. The number of ketones is 1. The average Bonchev–Trinajstić information content (AvgIpc) is 2.84. The van der Waals surface area contributed by atoms with Gasteiger partial charge in [0.05, 0.1) is 5.56 Å². The molecule has 92 valence electrons. The van der Waals surface area contributed by atoms with E-state index in [1.807, 2.05) is 36.4 Å². The monoisotopic (exact) mass is 242 g/mol. The summed E-state index contributed by atoms with van der Waals surface area (Å²) in [5, 5.41) is 9.16. The van der Waals surface area contributed by atoms with Gasteiger partial charge in [-0.25, -0.2) is 0 Å². The highest BCUT2D eigenvalue weighted by Crippen LogP contribution is 2.32. The van der Waals surface area contributed by atoms with Crippen molar-refractivity contribution >= 4 is 5.78 Å². The van der Waals surface area contributed by atoms with E-state index in [-0.39, 0.29) is 18.3 Å². The lowest BCUT2D eigenvalue weighted by molar-refractivity contribution is 0.0911. The number of aliphatic hydroxyl groups is 1. The summed E-state index contributed by atoms with van der Waals surface area (Å²) in [5.41, 5.74) is 1.65. The van der Waals surface area contributed by atoms with Crippen molar-refractivity contribution in [2.75, 3.05) is 6.61 Å². The summed E-state index contributed by atoms with van der Waals surface area (Å²) in [6.45, 7) is 0.0343. The number of aliphatic hydroxyl groups excluding tert-OH is 1. The summed E-state index contributed by atoms with van der Waals surface area (Å²) >= 11 is 0. The van der Waals surface area contributed by atoms with E-state index in [2.05, 4.69) is 0 Å². The SMILES string of the molecule is O=C1CC(CO)Cc2oc(-c3ccccc3)cc21. The van der Waals surface area contributed by atoms with Gasteiger partial charge in [0.1, 0.15) is 11.5 Å². The van der Waals surface area contributed by atoms with Crippen LogP contribution in [0.25, 0.3) is 11.3 Å². The van der Waals surface area contributed by atoms with Gasteiger partial charge in [-0.2, -0.15) is 0 Å². The van der Waals surface area contributed by atoms with Gasteiger partial charge in [0.25, 0.3) is 0 Å². The first-order valence-corrected chi connectivity index (χ1v) is 6.10. The third kappa shape index (κ3) is 1.87. The van der Waals surface area contributed by atoms with Crippen molar-refractivity contribution in [3.8, 4) is 11.3 Å². The summed E-state index contributed by atoms with van der Waals surface area (Å²) in [6.07, 6.45) is 1.06. The Kier molecular flexibility index (Phi) is 2.76. The van der Waals surface area contributed by atoms with Crippen molar-refractivity contribution in [3.63, 3.8) is 0 Å². The molecule has 0 amide bonds. The molecule has 0 saturated carbocycles. The molecule has 1 unspecified atom stereocenters. The summed E-state index contributed by atoms with van der Waals surface area (Å²) in [5.74, 6) is 1.51. The minimum absolute atomic E-state index is 0.000210. The molecule has 0 bridgehead atoms. The maximum absolute atomic E-state index is 11.9. The third-order valence-corrected chi connectivity index (χ3v) is 3.37. The molecule has 0 saturated heterocycles. The average molecular weight is 242 g/mol. The highest BCUT2D eigenvalue weighted by molar-refractivity contribution is 5.99. The number of fused-ring (bicyclic) bond motifs is 1. The van der Waals surface area contributed by atoms with Crippen molar-refractivity contribution in [2.45, 2.75) is 12.8 Å². The predicted octanol–water partition coefficient (Wildman–Crippen LogP) is 2.68. The second-order valence-electron chi connectivity index (χ2n) is 4.69. The Labute approximate surface area is 105 Å². The van der Waals surface area contributed by atoms with Crippen LogP contribution in [-0.4, -0.2) is 17.5 Å². The number of carbonyl (C=O) groups excluding carboxylic acids is 1. The van der Waals surface area contributed by atoms with Gasteiger partial charge in [-0.05, 0) is 12.0 Å². The molecule has 3 heteroatoms. The molecule has 3 nitrogen and oxygen atoms in total. The van der Waals surface area contributed by atoms with Crippen molar-refractivity contribution in [3.05, 3.63) is 47.7 Å². The first kappa shape index (κ1) is 11.2. The molecule has 0 radical (unpaired) electrons. The standard InChI is InChI=1S/C15H14O3/c16-9-10-6-13(17)12-8-14(18-15(12)7-10)11-4-2-1-3-5-11/h1-5,8,10,16H,6-7,9H2. The van der Waals surface area contributed by atoms with Crippen molar-refractivity contribution in [1.82, 2.24) is 0 Å². The lowest BCUT2D eigenvalue weighted by atomic mass is 9.88. The van der Waals surface area contributed by atoms with E-state index in [1.165, 1.54) is 0 Å². The minimum Gasteiger partial charge on any atom is -0.460 e. The molecule has 18 heavy (non-hydrogen) atoms. The smallest absolute Gasteiger partial charge is 0.166 e. The van der Waals surface area contributed by atoms with Crippen molar-refractivity contribution < 1.29 is 14.3 Å². The van der Waals surface area contributed by atoms with Crippen LogP contribution < -0.4 is 0 Å². The maximum atomic E-state index is 11.9. The van der Waals surface area contributed by atoms with Gasteiger partial charge < -0.3 is 9.52 Å². The zero-order chi connectivity index (χ0) is 12.5. The molecule has 1 aliphatic rings. The highest BCUT2D eigenvalue weighted by Gasteiger charge is 2.28. The fraction of sp³-hybridized carbons (Fsp3) is 0.267. The summed E-state index contributed by atoms with van der Waals surface area (Å²) < 4.78 is 5.76. The fourth-order valence-corrected chi connectivity index (χ4v) is 2.40. The second-order valence-corrected chi connectivity index (χ2v) is 4.69. The van der Waals surface area contributed by atoms with Crippen LogP contribution in [0, 0.1) is 5.92 Å². The van der Waals surface area contributed by atoms with Crippen LogP contribution in [-0.2, 0) is 6.42 Å². The van der Waals surface area contributed by atoms with Gasteiger partial charge in [-0.15, -0.1) is 0 Å². The number of hydrogen-bond acceptors (Lipinski definition) is 3. The van der Waals surface area contributed by atoms with E-state index in [1.54, 1.807) is 0 Å². The van der Waals surface area contributed by atoms with Crippen LogP contribution in [0.2, 0.25) is 0 Å². The van der Waals surface area contributed by atoms with Crippen LogP contribution in [0.1, 0.15) is 22.5 Å². The molecular weight excluding hydrogens is 228 g/mol. The zero-order valence-electron chi connectivity index (χ0n) is 9.93. The fourth-order valence-electron chi connectivity index (χ4n) is 2.40. The number of hydrogen-bond donors (Lipinski definition) is 1. The Balaban J connectivity index is 2.00. The number of carbonyl (C=O) groups is 1. The van der Waals surface area contributed by atoms with E-state index in [0.717, 1.165) is 11.3 Å². The van der Waals surface area contributed by atoms with Crippen LogP contribution in [0.5, 0.6) is 0 Å². The number of benzene rings is 1. The van der Waals surface area contributed by atoms with Crippen molar-refractivity contribution in [2.24, 2.45) is 5.92 Å². The number of rotatable bonds is 2. The molecule has 1 aromatic carbocycles. The maximum Gasteiger partial charge on any atom is 0.166 e. The Morgan fingerprint density at radius 2 is 2.00 bits per heavy atom. The van der Waals surface area contributed by atoms with Crippen molar-refractivity contribution in [1.29, 1.82) is 0 Å². The molecule has 1 heterocycles. The van der Waals surface area contributed by atoms with Gasteiger partial charge in [0.2, 0.25) is 0 Å². The highest BCUT2D eigenvalue weighted by atomic mass is 16.3. The van der Waals surface area contributed by atoms with Crippen LogP contribution in [0.4, 0.5) is 0 Å². The molecule has 1 aromatic heterocycles.